The van der Waals surface area contributed by atoms with Crippen LogP contribution in [0.2, 0.25) is 0 Å². The van der Waals surface area contributed by atoms with Crippen LogP contribution >= 0.6 is 34.8 Å². The van der Waals surface area contributed by atoms with E-state index in [9.17, 15) is 4.79 Å². The highest BCUT2D eigenvalue weighted by Gasteiger charge is 2.33. The van der Waals surface area contributed by atoms with Crippen LogP contribution in [-0.2, 0) is 4.79 Å². The van der Waals surface area contributed by atoms with Gasteiger partial charge in [0, 0.05) is 11.8 Å². The molecule has 158 valence electrons. The Morgan fingerprint density at radius 1 is 0.806 bits per heavy atom. The summed E-state index contributed by atoms with van der Waals surface area (Å²) in [5.74, 6) is -0.402. The maximum Gasteiger partial charge on any atom is 0.245 e. The SMILES string of the molecule is O=C(/C=C/c1ccccc1)N[C@H](Nc1ccc(N=Nc2ccccc2)cc1)C(Cl)(Cl)Cl. The highest BCUT2D eigenvalue weighted by molar-refractivity contribution is 6.68. The Balaban J connectivity index is 1.63. The Labute approximate surface area is 195 Å². The topological polar surface area (TPSA) is 65.8 Å². The number of nitrogens with one attached hydrogen (secondary N) is 2. The standard InChI is InChI=1S/C23H19Cl3N4O/c24-23(25,26)22(28-21(31)16-11-17-7-3-1-4-8-17)27-18-12-14-20(15-13-18)30-29-19-9-5-2-6-10-19/h1-16,22,27H,(H,28,31)/b16-11+,30-29?/t22-/m0/s1. The van der Waals surface area contributed by atoms with Gasteiger partial charge < -0.3 is 10.6 Å². The van der Waals surface area contributed by atoms with Gasteiger partial charge in [-0.25, -0.2) is 0 Å². The van der Waals surface area contributed by atoms with E-state index in [2.05, 4.69) is 20.9 Å². The van der Waals surface area contributed by atoms with Gasteiger partial charge in [-0.2, -0.15) is 10.2 Å². The Bertz CT molecular complexity index is 1030. The second-order valence-corrected chi connectivity index (χ2v) is 8.82. The summed E-state index contributed by atoms with van der Waals surface area (Å²) in [5, 5.41) is 14.0. The number of hydrogen-bond donors (Lipinski definition) is 2. The summed E-state index contributed by atoms with van der Waals surface area (Å²) in [6, 6.07) is 25.9. The van der Waals surface area contributed by atoms with Crippen LogP contribution in [0.1, 0.15) is 5.56 Å². The molecule has 0 aliphatic carbocycles. The monoisotopic (exact) mass is 472 g/mol. The van der Waals surface area contributed by atoms with E-state index < -0.39 is 15.9 Å². The van der Waals surface area contributed by atoms with E-state index >= 15 is 0 Å². The van der Waals surface area contributed by atoms with E-state index in [1.807, 2.05) is 60.7 Å². The van der Waals surface area contributed by atoms with Crippen LogP contribution in [0.4, 0.5) is 17.1 Å². The van der Waals surface area contributed by atoms with Crippen LogP contribution < -0.4 is 10.6 Å². The molecule has 2 N–H and O–H groups in total. The van der Waals surface area contributed by atoms with Crippen molar-refractivity contribution in [1.29, 1.82) is 0 Å². The molecule has 0 spiro atoms. The molecule has 3 rings (SSSR count). The number of halogens is 3. The number of benzene rings is 3. The molecule has 0 bridgehead atoms. The van der Waals surface area contributed by atoms with Gasteiger partial charge in [-0.15, -0.1) is 0 Å². The van der Waals surface area contributed by atoms with Crippen molar-refractivity contribution in [3.8, 4) is 0 Å². The molecular formula is C23H19Cl3N4O. The molecule has 0 unspecified atom stereocenters. The van der Waals surface area contributed by atoms with Crippen LogP contribution in [-0.4, -0.2) is 15.9 Å². The summed E-state index contributed by atoms with van der Waals surface area (Å²) in [6.07, 6.45) is 2.10. The number of hydrogen-bond acceptors (Lipinski definition) is 4. The molecule has 0 radical (unpaired) electrons. The Kier molecular flexibility index (Phi) is 8.06. The zero-order chi connectivity index (χ0) is 22.1. The number of anilines is 1. The second-order valence-electron chi connectivity index (χ2n) is 6.45. The van der Waals surface area contributed by atoms with E-state index in [0.717, 1.165) is 11.3 Å². The van der Waals surface area contributed by atoms with Gasteiger partial charge >= 0.3 is 0 Å². The number of azo groups is 1. The smallest absolute Gasteiger partial charge is 0.245 e. The van der Waals surface area contributed by atoms with Crippen molar-refractivity contribution >= 4 is 63.8 Å². The summed E-state index contributed by atoms with van der Waals surface area (Å²) in [6.45, 7) is 0. The Morgan fingerprint density at radius 2 is 1.35 bits per heavy atom. The minimum atomic E-state index is -1.78. The van der Waals surface area contributed by atoms with Crippen LogP contribution in [0, 0.1) is 0 Å². The molecule has 0 aliphatic heterocycles. The van der Waals surface area contributed by atoms with Gasteiger partial charge in [0.15, 0.2) is 0 Å². The largest absolute Gasteiger partial charge is 0.362 e. The van der Waals surface area contributed by atoms with E-state index in [4.69, 9.17) is 34.8 Å². The van der Waals surface area contributed by atoms with Crippen molar-refractivity contribution < 1.29 is 4.79 Å². The maximum absolute atomic E-state index is 12.3. The van der Waals surface area contributed by atoms with Crippen LogP contribution in [0.25, 0.3) is 6.08 Å². The highest BCUT2D eigenvalue weighted by Crippen LogP contribution is 2.31. The van der Waals surface area contributed by atoms with Crippen molar-refractivity contribution in [2.24, 2.45) is 10.2 Å². The van der Waals surface area contributed by atoms with E-state index in [-0.39, 0.29) is 0 Å². The fraction of sp³-hybridized carbons (Fsp3) is 0.0870. The molecule has 0 saturated heterocycles. The molecule has 1 atom stereocenters. The second kappa shape index (κ2) is 11.0. The third-order valence-corrected chi connectivity index (χ3v) is 4.71. The van der Waals surface area contributed by atoms with Gasteiger partial charge in [0.25, 0.3) is 0 Å². The fourth-order valence-electron chi connectivity index (χ4n) is 2.53. The zero-order valence-corrected chi connectivity index (χ0v) is 18.5. The Hall–Kier alpha value is -2.86. The lowest BCUT2D eigenvalue weighted by molar-refractivity contribution is -0.116. The quantitative estimate of drug-likeness (QED) is 0.167. The maximum atomic E-state index is 12.3. The first-order chi connectivity index (χ1) is 14.9. The first-order valence-corrected chi connectivity index (χ1v) is 10.5. The van der Waals surface area contributed by atoms with E-state index in [0.29, 0.717) is 11.4 Å². The van der Waals surface area contributed by atoms with Crippen molar-refractivity contribution in [3.05, 3.63) is 96.6 Å². The number of carbonyl (C=O) groups is 1. The third kappa shape index (κ3) is 7.72. The molecule has 31 heavy (non-hydrogen) atoms. The van der Waals surface area contributed by atoms with Gasteiger partial charge in [-0.3, -0.25) is 4.79 Å². The molecule has 3 aromatic rings. The number of carbonyl (C=O) groups excluding carboxylic acids is 1. The molecule has 3 aromatic carbocycles. The molecular weight excluding hydrogens is 455 g/mol. The third-order valence-electron chi connectivity index (χ3n) is 4.06. The lowest BCUT2D eigenvalue weighted by Crippen LogP contribution is -2.48. The first-order valence-electron chi connectivity index (χ1n) is 9.34. The molecule has 1 amide bonds. The predicted octanol–water partition coefficient (Wildman–Crippen LogP) is 7.04. The van der Waals surface area contributed by atoms with Crippen LogP contribution in [0.3, 0.4) is 0 Å². The van der Waals surface area contributed by atoms with Crippen molar-refractivity contribution in [3.63, 3.8) is 0 Å². The van der Waals surface area contributed by atoms with E-state index in [1.54, 1.807) is 30.3 Å². The van der Waals surface area contributed by atoms with Crippen LogP contribution in [0.5, 0.6) is 0 Å². The number of nitrogens with zero attached hydrogens (tertiary/aromatic N) is 2. The number of amides is 1. The van der Waals surface area contributed by atoms with Gasteiger partial charge in [0.1, 0.15) is 6.17 Å². The molecule has 0 fully saturated rings. The van der Waals surface area contributed by atoms with Crippen molar-refractivity contribution in [2.75, 3.05) is 5.32 Å². The predicted molar refractivity (Wildman–Crippen MR) is 128 cm³/mol. The minimum Gasteiger partial charge on any atom is -0.362 e. The molecule has 0 aromatic heterocycles. The summed E-state index contributed by atoms with van der Waals surface area (Å²) in [4.78, 5) is 12.3. The summed E-state index contributed by atoms with van der Waals surface area (Å²) >= 11 is 18.2. The average Bonchev–Trinajstić information content (AvgIpc) is 2.77. The van der Waals surface area contributed by atoms with Crippen LogP contribution in [0.15, 0.2) is 101 Å². The molecule has 0 heterocycles. The average molecular weight is 474 g/mol. The number of rotatable bonds is 7. The number of alkyl halides is 3. The molecule has 0 aliphatic rings. The molecule has 0 saturated carbocycles. The van der Waals surface area contributed by atoms with Crippen molar-refractivity contribution in [2.45, 2.75) is 9.96 Å². The lowest BCUT2D eigenvalue weighted by Gasteiger charge is -2.27. The van der Waals surface area contributed by atoms with Gasteiger partial charge in [0.2, 0.25) is 9.70 Å². The molecule has 8 heteroatoms. The first kappa shape index (κ1) is 22.8. The fourth-order valence-corrected chi connectivity index (χ4v) is 2.85. The lowest BCUT2D eigenvalue weighted by atomic mass is 10.2. The van der Waals surface area contributed by atoms with Crippen molar-refractivity contribution in [1.82, 2.24) is 5.32 Å². The minimum absolute atomic E-state index is 0.402. The Morgan fingerprint density at radius 3 is 1.94 bits per heavy atom. The van der Waals surface area contributed by atoms with E-state index in [1.165, 1.54) is 6.08 Å². The van der Waals surface area contributed by atoms with Gasteiger partial charge in [-0.1, -0.05) is 83.3 Å². The summed E-state index contributed by atoms with van der Waals surface area (Å²) < 4.78 is -1.78. The molecule has 5 nitrogen and oxygen atoms in total. The van der Waals surface area contributed by atoms with Gasteiger partial charge in [0.05, 0.1) is 11.4 Å². The highest BCUT2D eigenvalue weighted by atomic mass is 35.6. The summed E-state index contributed by atoms with van der Waals surface area (Å²) in [5.41, 5.74) is 2.94. The normalized spacial score (nSPS) is 12.7. The van der Waals surface area contributed by atoms with Gasteiger partial charge in [-0.05, 0) is 48.0 Å². The summed E-state index contributed by atoms with van der Waals surface area (Å²) in [7, 11) is 0. The zero-order valence-electron chi connectivity index (χ0n) is 16.3.